The van der Waals surface area contributed by atoms with Crippen molar-refractivity contribution in [2.24, 2.45) is 11.7 Å². The predicted octanol–water partition coefficient (Wildman–Crippen LogP) is 2.45. The van der Waals surface area contributed by atoms with Gasteiger partial charge in [0.05, 0.1) is 17.5 Å². The second kappa shape index (κ2) is 10.2. The molecule has 1 aliphatic rings. The lowest BCUT2D eigenvalue weighted by Crippen LogP contribution is -2.44. The van der Waals surface area contributed by atoms with Gasteiger partial charge in [-0.3, -0.25) is 4.79 Å². The maximum Gasteiger partial charge on any atom is 0.319 e. The molecule has 3 amide bonds. The summed E-state index contributed by atoms with van der Waals surface area (Å²) in [6.07, 6.45) is 2.69. The van der Waals surface area contributed by atoms with Gasteiger partial charge in [-0.1, -0.05) is 18.5 Å². The molecule has 0 aromatic heterocycles. The summed E-state index contributed by atoms with van der Waals surface area (Å²) in [5.41, 5.74) is 5.98. The van der Waals surface area contributed by atoms with E-state index in [-0.39, 0.29) is 17.9 Å². The first-order valence-corrected chi connectivity index (χ1v) is 9.36. The number of nitrogens with one attached hydrogen (secondary N) is 2. The molecule has 2 rings (SSSR count). The number of urea groups is 1. The number of carbonyl (C=O) groups excluding carboxylic acids is 2. The highest BCUT2D eigenvalue weighted by atomic mass is 35.5. The minimum absolute atomic E-state index is 0.0897. The summed E-state index contributed by atoms with van der Waals surface area (Å²) in [4.78, 5) is 25.4. The third kappa shape index (κ3) is 6.38. The molecular formula is C18H27ClN4O3. The number of anilines is 1. The summed E-state index contributed by atoms with van der Waals surface area (Å²) in [6.45, 7) is 5.37. The largest absolute Gasteiger partial charge is 0.492 e. The normalized spacial score (nSPS) is 17.5. The van der Waals surface area contributed by atoms with Gasteiger partial charge in [0.25, 0.3) is 0 Å². The molecule has 26 heavy (non-hydrogen) atoms. The number of benzene rings is 1. The van der Waals surface area contributed by atoms with Crippen LogP contribution in [0.15, 0.2) is 18.2 Å². The van der Waals surface area contributed by atoms with Gasteiger partial charge in [-0.15, -0.1) is 0 Å². The molecule has 1 atom stereocenters. The molecule has 1 aromatic carbocycles. The van der Waals surface area contributed by atoms with Gasteiger partial charge in [-0.2, -0.15) is 0 Å². The van der Waals surface area contributed by atoms with Crippen molar-refractivity contribution in [3.8, 4) is 5.75 Å². The summed E-state index contributed by atoms with van der Waals surface area (Å²) in [7, 11) is 0. The average Bonchev–Trinajstić information content (AvgIpc) is 2.61. The Labute approximate surface area is 159 Å². The van der Waals surface area contributed by atoms with Crippen LogP contribution in [0, 0.1) is 5.92 Å². The first kappa shape index (κ1) is 20.3. The summed E-state index contributed by atoms with van der Waals surface area (Å²) >= 11 is 6.15. The van der Waals surface area contributed by atoms with E-state index in [0.717, 1.165) is 25.8 Å². The van der Waals surface area contributed by atoms with E-state index in [1.54, 1.807) is 18.2 Å². The number of amides is 3. The number of nitrogens with zero attached hydrogens (tertiary/aromatic N) is 1. The van der Waals surface area contributed by atoms with Crippen LogP contribution in [-0.2, 0) is 4.79 Å². The van der Waals surface area contributed by atoms with Gasteiger partial charge in [0.15, 0.2) is 0 Å². The number of carbonyl (C=O) groups is 2. The van der Waals surface area contributed by atoms with E-state index >= 15 is 0 Å². The molecule has 144 valence electrons. The van der Waals surface area contributed by atoms with Crippen molar-refractivity contribution in [3.63, 3.8) is 0 Å². The zero-order valence-electron chi connectivity index (χ0n) is 15.1. The Morgan fingerprint density at radius 2 is 2.23 bits per heavy atom. The SMILES string of the molecule is CCCOc1ccc(NC(=O)NCCN2CCCC(C(N)=O)C2)cc1Cl. The molecule has 8 heteroatoms. The quantitative estimate of drug-likeness (QED) is 0.643. The molecular weight excluding hydrogens is 356 g/mol. The highest BCUT2D eigenvalue weighted by Crippen LogP contribution is 2.27. The van der Waals surface area contributed by atoms with Crippen LogP contribution >= 0.6 is 11.6 Å². The Morgan fingerprint density at radius 1 is 1.42 bits per heavy atom. The Balaban J connectivity index is 1.73. The fourth-order valence-corrected chi connectivity index (χ4v) is 3.14. The van der Waals surface area contributed by atoms with E-state index in [9.17, 15) is 9.59 Å². The lowest BCUT2D eigenvalue weighted by atomic mass is 9.97. The van der Waals surface area contributed by atoms with E-state index in [0.29, 0.717) is 42.7 Å². The summed E-state index contributed by atoms with van der Waals surface area (Å²) in [6, 6.07) is 4.85. The Kier molecular flexibility index (Phi) is 8.00. The molecule has 7 nitrogen and oxygen atoms in total. The summed E-state index contributed by atoms with van der Waals surface area (Å²) in [5, 5.41) is 6.02. The van der Waals surface area contributed by atoms with Gasteiger partial charge < -0.3 is 26.0 Å². The molecule has 4 N–H and O–H groups in total. The Hall–Kier alpha value is -1.99. The summed E-state index contributed by atoms with van der Waals surface area (Å²) < 4.78 is 5.50. The number of primary amides is 1. The van der Waals surface area contributed by atoms with E-state index < -0.39 is 0 Å². The van der Waals surface area contributed by atoms with Gasteiger partial charge in [-0.05, 0) is 44.0 Å². The maximum absolute atomic E-state index is 12.0. The number of piperidine rings is 1. The van der Waals surface area contributed by atoms with Crippen molar-refractivity contribution in [1.29, 1.82) is 0 Å². The van der Waals surface area contributed by atoms with Crippen molar-refractivity contribution < 1.29 is 14.3 Å². The van der Waals surface area contributed by atoms with E-state index in [2.05, 4.69) is 15.5 Å². The molecule has 1 heterocycles. The Morgan fingerprint density at radius 3 is 2.92 bits per heavy atom. The van der Waals surface area contributed by atoms with E-state index in [1.165, 1.54) is 0 Å². The second-order valence-electron chi connectivity index (χ2n) is 6.42. The molecule has 1 unspecified atom stereocenters. The van der Waals surface area contributed by atoms with Gasteiger partial charge in [0.1, 0.15) is 5.75 Å². The number of likely N-dealkylation sites (tertiary alicyclic amines) is 1. The van der Waals surface area contributed by atoms with E-state index in [1.807, 2.05) is 6.92 Å². The molecule has 0 saturated carbocycles. The molecule has 0 bridgehead atoms. The minimum Gasteiger partial charge on any atom is -0.492 e. The number of halogens is 1. The highest BCUT2D eigenvalue weighted by molar-refractivity contribution is 6.32. The van der Waals surface area contributed by atoms with Crippen LogP contribution in [0.5, 0.6) is 5.75 Å². The number of rotatable bonds is 8. The highest BCUT2D eigenvalue weighted by Gasteiger charge is 2.23. The predicted molar refractivity (Wildman–Crippen MR) is 103 cm³/mol. The van der Waals surface area contributed by atoms with Crippen molar-refractivity contribution >= 4 is 29.2 Å². The molecule has 1 fully saturated rings. The van der Waals surface area contributed by atoms with Crippen LogP contribution in [0.4, 0.5) is 10.5 Å². The number of ether oxygens (including phenoxy) is 1. The van der Waals surface area contributed by atoms with Crippen LogP contribution in [0.2, 0.25) is 5.02 Å². The van der Waals surface area contributed by atoms with Gasteiger partial charge >= 0.3 is 6.03 Å². The van der Waals surface area contributed by atoms with Crippen molar-refractivity contribution in [2.45, 2.75) is 26.2 Å². The number of hydrogen-bond acceptors (Lipinski definition) is 4. The molecule has 1 aromatic rings. The average molecular weight is 383 g/mol. The number of nitrogens with two attached hydrogens (primary N) is 1. The monoisotopic (exact) mass is 382 g/mol. The fraction of sp³-hybridized carbons (Fsp3) is 0.556. The maximum atomic E-state index is 12.0. The van der Waals surface area contributed by atoms with Crippen LogP contribution in [0.3, 0.4) is 0 Å². The van der Waals surface area contributed by atoms with Crippen molar-refractivity contribution in [1.82, 2.24) is 10.2 Å². The lowest BCUT2D eigenvalue weighted by Gasteiger charge is -2.31. The first-order valence-electron chi connectivity index (χ1n) is 8.98. The lowest BCUT2D eigenvalue weighted by molar-refractivity contribution is -0.123. The van der Waals surface area contributed by atoms with Gasteiger partial charge in [0.2, 0.25) is 5.91 Å². The fourth-order valence-electron chi connectivity index (χ4n) is 2.90. The molecule has 1 aliphatic heterocycles. The zero-order valence-corrected chi connectivity index (χ0v) is 15.8. The van der Waals surface area contributed by atoms with Gasteiger partial charge in [-0.25, -0.2) is 4.79 Å². The molecule has 0 spiro atoms. The summed E-state index contributed by atoms with van der Waals surface area (Å²) in [5.74, 6) is 0.269. The zero-order chi connectivity index (χ0) is 18.9. The standard InChI is InChI=1S/C18H27ClN4O3/c1-2-10-26-16-6-5-14(11-15(16)19)22-18(25)21-7-9-23-8-3-4-13(12-23)17(20)24/h5-6,11,13H,2-4,7-10,12H2,1H3,(H2,20,24)(H2,21,22,25). The smallest absolute Gasteiger partial charge is 0.319 e. The van der Waals surface area contributed by atoms with Crippen LogP contribution in [0.1, 0.15) is 26.2 Å². The minimum atomic E-state index is -0.299. The Bertz CT molecular complexity index is 626. The van der Waals surface area contributed by atoms with E-state index in [4.69, 9.17) is 22.1 Å². The van der Waals surface area contributed by atoms with Crippen LogP contribution < -0.4 is 21.1 Å². The third-order valence-corrected chi connectivity index (χ3v) is 4.57. The molecule has 1 saturated heterocycles. The van der Waals surface area contributed by atoms with Crippen molar-refractivity contribution in [3.05, 3.63) is 23.2 Å². The van der Waals surface area contributed by atoms with Crippen molar-refractivity contribution in [2.75, 3.05) is 38.1 Å². The second-order valence-corrected chi connectivity index (χ2v) is 6.82. The van der Waals surface area contributed by atoms with Gasteiger partial charge in [0, 0.05) is 25.3 Å². The molecule has 0 radical (unpaired) electrons. The molecule has 0 aliphatic carbocycles. The van der Waals surface area contributed by atoms with Crippen LogP contribution in [0.25, 0.3) is 0 Å². The topological polar surface area (TPSA) is 96.7 Å². The first-order chi connectivity index (χ1) is 12.5. The third-order valence-electron chi connectivity index (χ3n) is 4.27. The van der Waals surface area contributed by atoms with Crippen LogP contribution in [-0.4, -0.2) is 49.6 Å². The number of hydrogen-bond donors (Lipinski definition) is 3.